The van der Waals surface area contributed by atoms with Gasteiger partial charge in [0, 0.05) is 11.6 Å². The van der Waals surface area contributed by atoms with E-state index in [0.29, 0.717) is 11.8 Å². The summed E-state index contributed by atoms with van der Waals surface area (Å²) in [5.41, 5.74) is 0.125. The van der Waals surface area contributed by atoms with E-state index < -0.39 is 15.8 Å². The van der Waals surface area contributed by atoms with E-state index in [2.05, 4.69) is 5.32 Å². The fourth-order valence-corrected chi connectivity index (χ4v) is 3.54. The Kier molecular flexibility index (Phi) is 3.06. The minimum absolute atomic E-state index is 0.0556. The largest absolute Gasteiger partial charge is 0.326 e. The fraction of sp³-hybridized carbons (Fsp3) is 0.462. The minimum Gasteiger partial charge on any atom is -0.326 e. The summed E-state index contributed by atoms with van der Waals surface area (Å²) < 4.78 is 35.8. The average Bonchev–Trinajstić information content (AvgIpc) is 2.94. The molecule has 0 aromatic heterocycles. The van der Waals surface area contributed by atoms with Gasteiger partial charge in [-0.1, -0.05) is 0 Å². The summed E-state index contributed by atoms with van der Waals surface area (Å²) in [6.07, 6.45) is 2.95. The zero-order valence-electron chi connectivity index (χ0n) is 10.7. The maximum Gasteiger partial charge on any atom is 0.238 e. The number of carbonyl (C=O) groups excluding carboxylic acids is 1. The Morgan fingerprint density at radius 2 is 1.85 bits per heavy atom. The topological polar surface area (TPSA) is 89.3 Å². The highest BCUT2D eigenvalue weighted by molar-refractivity contribution is 7.89. The highest BCUT2D eigenvalue weighted by Gasteiger charge is 2.47. The quantitative estimate of drug-likeness (QED) is 0.885. The molecule has 20 heavy (non-hydrogen) atoms. The summed E-state index contributed by atoms with van der Waals surface area (Å²) in [5.74, 6) is 0.348. The van der Waals surface area contributed by atoms with Crippen LogP contribution in [-0.2, 0) is 14.8 Å². The average molecular weight is 298 g/mol. The standard InChI is InChI=1S/C13H15FN2O3S/c14-10-4-11(6-12(5-10)20(15,18)19)16-13(17)9-2-7-1-8(7)3-9/h4-9H,1-3H2,(H,16,17)(H2,15,18,19). The molecule has 5 nitrogen and oxygen atoms in total. The van der Waals surface area contributed by atoms with Crippen LogP contribution in [0.1, 0.15) is 19.3 Å². The number of benzene rings is 1. The number of fused-ring (bicyclic) bond motifs is 1. The summed E-state index contributed by atoms with van der Waals surface area (Å²) in [6, 6.07) is 3.09. The van der Waals surface area contributed by atoms with Crippen molar-refractivity contribution in [3.05, 3.63) is 24.0 Å². The predicted octanol–water partition coefficient (Wildman–Crippen LogP) is 1.46. The van der Waals surface area contributed by atoms with Crippen LogP contribution in [0.4, 0.5) is 10.1 Å². The van der Waals surface area contributed by atoms with Gasteiger partial charge < -0.3 is 5.32 Å². The second-order valence-electron chi connectivity index (χ2n) is 5.63. The Labute approximate surface area is 116 Å². The molecule has 3 rings (SSSR count). The van der Waals surface area contributed by atoms with Gasteiger partial charge in [-0.05, 0) is 49.3 Å². The van der Waals surface area contributed by atoms with Crippen LogP contribution in [0.3, 0.4) is 0 Å². The minimum atomic E-state index is -4.00. The van der Waals surface area contributed by atoms with Crippen LogP contribution >= 0.6 is 0 Å². The first-order valence-corrected chi connectivity index (χ1v) is 8.02. The van der Waals surface area contributed by atoms with E-state index in [1.165, 1.54) is 12.5 Å². The number of rotatable bonds is 3. The summed E-state index contributed by atoms with van der Waals surface area (Å²) in [6.45, 7) is 0. The van der Waals surface area contributed by atoms with Crippen molar-refractivity contribution in [2.24, 2.45) is 22.9 Å². The number of sulfonamides is 1. The van der Waals surface area contributed by atoms with Gasteiger partial charge in [-0.2, -0.15) is 0 Å². The van der Waals surface area contributed by atoms with Crippen molar-refractivity contribution in [3.8, 4) is 0 Å². The lowest BCUT2D eigenvalue weighted by molar-refractivity contribution is -0.120. The molecule has 2 aliphatic rings. The van der Waals surface area contributed by atoms with Gasteiger partial charge in [-0.25, -0.2) is 17.9 Å². The maximum absolute atomic E-state index is 13.4. The van der Waals surface area contributed by atoms with Gasteiger partial charge >= 0.3 is 0 Å². The van der Waals surface area contributed by atoms with Crippen molar-refractivity contribution in [3.63, 3.8) is 0 Å². The molecular weight excluding hydrogens is 283 g/mol. The van der Waals surface area contributed by atoms with Gasteiger partial charge in [0.15, 0.2) is 0 Å². The van der Waals surface area contributed by atoms with E-state index in [9.17, 15) is 17.6 Å². The molecule has 0 radical (unpaired) electrons. The van der Waals surface area contributed by atoms with Crippen LogP contribution in [0.25, 0.3) is 0 Å². The van der Waals surface area contributed by atoms with E-state index in [0.717, 1.165) is 25.0 Å². The van der Waals surface area contributed by atoms with Crippen molar-refractivity contribution in [1.82, 2.24) is 0 Å². The molecule has 0 bridgehead atoms. The van der Waals surface area contributed by atoms with E-state index in [1.807, 2.05) is 0 Å². The van der Waals surface area contributed by atoms with E-state index in [4.69, 9.17) is 5.14 Å². The third-order valence-electron chi connectivity index (χ3n) is 4.08. The van der Waals surface area contributed by atoms with Gasteiger partial charge in [0.05, 0.1) is 4.90 Å². The normalized spacial score (nSPS) is 28.0. The summed E-state index contributed by atoms with van der Waals surface area (Å²) >= 11 is 0. The van der Waals surface area contributed by atoms with Gasteiger partial charge in [0.1, 0.15) is 5.82 Å². The van der Waals surface area contributed by atoms with Crippen LogP contribution in [-0.4, -0.2) is 14.3 Å². The first-order valence-electron chi connectivity index (χ1n) is 6.47. The summed E-state index contributed by atoms with van der Waals surface area (Å²) in [7, 11) is -4.00. The Balaban J connectivity index is 1.76. The fourth-order valence-electron chi connectivity index (χ4n) is 2.97. The molecule has 1 aromatic rings. The second-order valence-corrected chi connectivity index (χ2v) is 7.20. The number of hydrogen-bond donors (Lipinski definition) is 2. The Morgan fingerprint density at radius 1 is 1.20 bits per heavy atom. The second kappa shape index (κ2) is 4.53. The third-order valence-corrected chi connectivity index (χ3v) is 4.97. The van der Waals surface area contributed by atoms with E-state index in [-0.39, 0.29) is 22.4 Å². The predicted molar refractivity (Wildman–Crippen MR) is 70.7 cm³/mol. The molecular formula is C13H15FN2O3S. The SMILES string of the molecule is NS(=O)(=O)c1cc(F)cc(NC(=O)C2CC3CC3C2)c1. The molecule has 0 heterocycles. The smallest absolute Gasteiger partial charge is 0.238 e. The molecule has 7 heteroatoms. The molecule has 2 unspecified atom stereocenters. The molecule has 0 saturated heterocycles. The number of halogens is 1. The number of nitrogens with one attached hydrogen (secondary N) is 1. The van der Waals surface area contributed by atoms with Gasteiger partial charge in [-0.15, -0.1) is 0 Å². The van der Waals surface area contributed by atoms with Crippen molar-refractivity contribution in [2.45, 2.75) is 24.2 Å². The zero-order valence-corrected chi connectivity index (χ0v) is 11.5. The Bertz CT molecular complexity index is 664. The first kappa shape index (κ1) is 13.5. The lowest BCUT2D eigenvalue weighted by Crippen LogP contribution is -2.22. The van der Waals surface area contributed by atoms with Gasteiger partial charge in [-0.3, -0.25) is 4.79 Å². The van der Waals surface area contributed by atoms with E-state index in [1.54, 1.807) is 0 Å². The van der Waals surface area contributed by atoms with Gasteiger partial charge in [0.2, 0.25) is 15.9 Å². The van der Waals surface area contributed by atoms with Crippen LogP contribution in [0.5, 0.6) is 0 Å². The van der Waals surface area contributed by atoms with Crippen LogP contribution in [0.2, 0.25) is 0 Å². The molecule has 1 amide bonds. The number of anilines is 1. The summed E-state index contributed by atoms with van der Waals surface area (Å²) in [4.78, 5) is 11.7. The number of hydrogen-bond acceptors (Lipinski definition) is 3. The molecule has 0 spiro atoms. The number of carbonyl (C=O) groups is 1. The highest BCUT2D eigenvalue weighted by atomic mass is 32.2. The molecule has 2 saturated carbocycles. The monoisotopic (exact) mass is 298 g/mol. The van der Waals surface area contributed by atoms with Crippen LogP contribution in [0.15, 0.2) is 23.1 Å². The summed E-state index contributed by atoms with van der Waals surface area (Å²) in [5, 5.41) is 7.54. The number of amides is 1. The lowest BCUT2D eigenvalue weighted by atomic mass is 10.0. The van der Waals surface area contributed by atoms with Crippen LogP contribution < -0.4 is 10.5 Å². The lowest BCUT2D eigenvalue weighted by Gasteiger charge is -2.13. The molecule has 1 aromatic carbocycles. The van der Waals surface area contributed by atoms with E-state index >= 15 is 0 Å². The molecule has 3 N–H and O–H groups in total. The van der Waals surface area contributed by atoms with Crippen molar-refractivity contribution in [1.29, 1.82) is 0 Å². The van der Waals surface area contributed by atoms with Crippen molar-refractivity contribution < 1.29 is 17.6 Å². The Hall–Kier alpha value is -1.47. The molecule has 2 atom stereocenters. The van der Waals surface area contributed by atoms with Crippen LogP contribution in [0, 0.1) is 23.6 Å². The Morgan fingerprint density at radius 3 is 2.45 bits per heavy atom. The maximum atomic E-state index is 13.4. The third kappa shape index (κ3) is 2.69. The zero-order chi connectivity index (χ0) is 14.5. The molecule has 2 fully saturated rings. The van der Waals surface area contributed by atoms with Crippen molar-refractivity contribution in [2.75, 3.05) is 5.32 Å². The number of primary sulfonamides is 1. The van der Waals surface area contributed by atoms with Crippen molar-refractivity contribution >= 4 is 21.6 Å². The molecule has 2 aliphatic carbocycles. The molecule has 108 valence electrons. The number of nitrogens with two attached hydrogens (primary N) is 1. The molecule has 0 aliphatic heterocycles. The van der Waals surface area contributed by atoms with Gasteiger partial charge in [0.25, 0.3) is 0 Å². The highest BCUT2D eigenvalue weighted by Crippen LogP contribution is 2.54. The first-order chi connectivity index (χ1) is 9.33.